The van der Waals surface area contributed by atoms with E-state index in [4.69, 9.17) is 9.29 Å². The highest BCUT2D eigenvalue weighted by Gasteiger charge is 2.25. The molecule has 0 radical (unpaired) electrons. The van der Waals surface area contributed by atoms with Gasteiger partial charge in [0.15, 0.2) is 0 Å². The molecule has 2 heterocycles. The molecule has 0 aromatic heterocycles. The number of hydrogen-bond donors (Lipinski definition) is 2. The molecule has 2 aliphatic heterocycles. The number of ether oxygens (including phenoxy) is 1. The Balaban J connectivity index is 1.47. The number of likely N-dealkylation sites (tertiary alicyclic amines) is 1. The lowest BCUT2D eigenvalue weighted by Crippen LogP contribution is -2.46. The van der Waals surface area contributed by atoms with Crippen LogP contribution in [0, 0.1) is 0 Å². The van der Waals surface area contributed by atoms with Gasteiger partial charge in [0.1, 0.15) is 0 Å². The number of rotatable bonds is 5. The maximum absolute atomic E-state index is 12.3. The van der Waals surface area contributed by atoms with E-state index in [1.165, 1.54) is 24.3 Å². The van der Waals surface area contributed by atoms with Crippen LogP contribution in [0.1, 0.15) is 36.0 Å². The Kier molecular flexibility index (Phi) is 5.73. The first-order valence-corrected chi connectivity index (χ1v) is 10.1. The Bertz CT molecular complexity index is 690. The van der Waals surface area contributed by atoms with Gasteiger partial charge in [0.25, 0.3) is 16.0 Å². The Morgan fingerprint density at radius 3 is 2.44 bits per heavy atom. The smallest absolute Gasteiger partial charge is 0.294 e. The summed E-state index contributed by atoms with van der Waals surface area (Å²) in [6.45, 7) is 3.71. The largest absolute Gasteiger partial charge is 0.377 e. The van der Waals surface area contributed by atoms with E-state index in [2.05, 4.69) is 10.2 Å². The van der Waals surface area contributed by atoms with E-state index in [0.29, 0.717) is 11.7 Å². The predicted molar refractivity (Wildman–Crippen MR) is 92.2 cm³/mol. The Labute approximate surface area is 148 Å². The third-order valence-corrected chi connectivity index (χ3v) is 5.69. The monoisotopic (exact) mass is 368 g/mol. The molecule has 1 amide bonds. The van der Waals surface area contributed by atoms with Crippen LogP contribution < -0.4 is 5.32 Å². The van der Waals surface area contributed by atoms with Crippen LogP contribution in [0.5, 0.6) is 0 Å². The van der Waals surface area contributed by atoms with E-state index in [0.717, 1.165) is 51.9 Å². The van der Waals surface area contributed by atoms with Gasteiger partial charge in [-0.2, -0.15) is 8.42 Å². The van der Waals surface area contributed by atoms with Gasteiger partial charge in [0, 0.05) is 37.8 Å². The van der Waals surface area contributed by atoms with E-state index >= 15 is 0 Å². The fourth-order valence-corrected chi connectivity index (χ4v) is 3.86. The second kappa shape index (κ2) is 7.82. The van der Waals surface area contributed by atoms with Crippen molar-refractivity contribution in [2.75, 3.05) is 26.2 Å². The van der Waals surface area contributed by atoms with Crippen LogP contribution in [0.25, 0.3) is 0 Å². The lowest BCUT2D eigenvalue weighted by atomic mass is 10.0. The normalized spacial score (nSPS) is 22.8. The van der Waals surface area contributed by atoms with Crippen molar-refractivity contribution in [1.29, 1.82) is 0 Å². The Morgan fingerprint density at radius 2 is 1.88 bits per heavy atom. The molecular weight excluding hydrogens is 344 g/mol. The molecule has 0 aliphatic carbocycles. The van der Waals surface area contributed by atoms with E-state index in [1.807, 2.05) is 0 Å². The molecule has 1 unspecified atom stereocenters. The maximum Gasteiger partial charge on any atom is 0.294 e. The van der Waals surface area contributed by atoms with Crippen molar-refractivity contribution in [3.05, 3.63) is 29.8 Å². The fraction of sp³-hybridized carbons (Fsp3) is 0.588. The molecule has 0 bridgehead atoms. The highest BCUT2D eigenvalue weighted by molar-refractivity contribution is 7.85. The summed E-state index contributed by atoms with van der Waals surface area (Å²) in [5.41, 5.74) is 0.384. The molecule has 7 nitrogen and oxygen atoms in total. The highest BCUT2D eigenvalue weighted by Crippen LogP contribution is 2.17. The van der Waals surface area contributed by atoms with Crippen molar-refractivity contribution in [2.45, 2.75) is 42.7 Å². The molecule has 1 aromatic rings. The van der Waals surface area contributed by atoms with Gasteiger partial charge < -0.3 is 15.0 Å². The molecule has 3 rings (SSSR count). The quantitative estimate of drug-likeness (QED) is 0.761. The average molecular weight is 368 g/mol. The van der Waals surface area contributed by atoms with Crippen molar-refractivity contribution in [2.24, 2.45) is 0 Å². The summed E-state index contributed by atoms with van der Waals surface area (Å²) in [6.07, 6.45) is 4.42. The Hall–Kier alpha value is -1.48. The van der Waals surface area contributed by atoms with Gasteiger partial charge in [-0.1, -0.05) is 0 Å². The SMILES string of the molecule is O=C(NC1CCN(CC2CCCO2)CC1)c1ccc(S(=O)(=O)O)cc1. The molecule has 25 heavy (non-hydrogen) atoms. The summed E-state index contributed by atoms with van der Waals surface area (Å²) in [5, 5.41) is 3.00. The second-order valence-corrected chi connectivity index (χ2v) is 8.10. The second-order valence-electron chi connectivity index (χ2n) is 6.68. The minimum Gasteiger partial charge on any atom is -0.377 e. The van der Waals surface area contributed by atoms with Crippen molar-refractivity contribution >= 4 is 16.0 Å². The number of piperidine rings is 1. The molecule has 138 valence electrons. The maximum atomic E-state index is 12.3. The first-order chi connectivity index (χ1) is 11.9. The molecule has 1 atom stereocenters. The third-order valence-electron chi connectivity index (χ3n) is 4.82. The van der Waals surface area contributed by atoms with Crippen molar-refractivity contribution < 1.29 is 22.5 Å². The van der Waals surface area contributed by atoms with Crippen molar-refractivity contribution in [3.63, 3.8) is 0 Å². The van der Waals surface area contributed by atoms with E-state index in [-0.39, 0.29) is 16.8 Å². The van der Waals surface area contributed by atoms with Crippen molar-refractivity contribution in [3.8, 4) is 0 Å². The van der Waals surface area contributed by atoms with Crippen LogP contribution in [-0.4, -0.2) is 62.2 Å². The third kappa shape index (κ3) is 5.01. The molecule has 0 saturated carbocycles. The summed E-state index contributed by atoms with van der Waals surface area (Å²) in [7, 11) is -4.24. The average Bonchev–Trinajstić information content (AvgIpc) is 3.09. The zero-order valence-corrected chi connectivity index (χ0v) is 14.9. The number of carbonyl (C=O) groups is 1. The number of benzene rings is 1. The summed E-state index contributed by atoms with van der Waals surface area (Å²) in [5.74, 6) is -0.223. The first kappa shape index (κ1) is 18.3. The number of carbonyl (C=O) groups excluding carboxylic acids is 1. The molecule has 8 heteroatoms. The van der Waals surface area contributed by atoms with E-state index in [1.54, 1.807) is 0 Å². The summed E-state index contributed by atoms with van der Waals surface area (Å²) < 4.78 is 36.7. The highest BCUT2D eigenvalue weighted by atomic mass is 32.2. The lowest BCUT2D eigenvalue weighted by Gasteiger charge is -2.33. The van der Waals surface area contributed by atoms with Gasteiger partial charge in [-0.05, 0) is 49.9 Å². The van der Waals surface area contributed by atoms with Crippen LogP contribution in [0.15, 0.2) is 29.2 Å². The van der Waals surface area contributed by atoms with Crippen LogP contribution in [-0.2, 0) is 14.9 Å². The molecule has 2 saturated heterocycles. The number of nitrogens with one attached hydrogen (secondary N) is 1. The standard InChI is InChI=1S/C17H24N2O5S/c20-17(13-3-5-16(6-4-13)25(21,22)23)18-14-7-9-19(10-8-14)12-15-2-1-11-24-15/h3-6,14-15H,1-2,7-12H2,(H,18,20)(H,21,22,23). The van der Waals surface area contributed by atoms with E-state index in [9.17, 15) is 13.2 Å². The minimum absolute atomic E-state index is 0.120. The van der Waals surface area contributed by atoms with E-state index < -0.39 is 10.1 Å². The molecule has 2 N–H and O–H groups in total. The number of nitrogens with zero attached hydrogens (tertiary/aromatic N) is 1. The van der Waals surface area contributed by atoms with Gasteiger partial charge in [0.2, 0.25) is 0 Å². The summed E-state index contributed by atoms with van der Waals surface area (Å²) in [4.78, 5) is 14.4. The number of hydrogen-bond acceptors (Lipinski definition) is 5. The van der Waals surface area contributed by atoms with Crippen molar-refractivity contribution in [1.82, 2.24) is 10.2 Å². The summed E-state index contributed by atoms with van der Waals surface area (Å²) >= 11 is 0. The van der Waals surface area contributed by atoms with Gasteiger partial charge in [-0.25, -0.2) is 0 Å². The zero-order chi connectivity index (χ0) is 17.9. The number of amides is 1. The molecular formula is C17H24N2O5S. The van der Waals surface area contributed by atoms with Crippen LogP contribution in [0.2, 0.25) is 0 Å². The molecule has 2 fully saturated rings. The van der Waals surface area contributed by atoms with Crippen LogP contribution in [0.3, 0.4) is 0 Å². The van der Waals surface area contributed by atoms with Gasteiger partial charge in [0.05, 0.1) is 11.0 Å². The molecule has 2 aliphatic rings. The topological polar surface area (TPSA) is 95.9 Å². The lowest BCUT2D eigenvalue weighted by molar-refractivity contribution is 0.0613. The zero-order valence-electron chi connectivity index (χ0n) is 14.1. The predicted octanol–water partition coefficient (Wildman–Crippen LogP) is 1.31. The Morgan fingerprint density at radius 1 is 1.20 bits per heavy atom. The van der Waals surface area contributed by atoms with Gasteiger partial charge >= 0.3 is 0 Å². The van der Waals surface area contributed by atoms with Crippen LogP contribution >= 0.6 is 0 Å². The van der Waals surface area contributed by atoms with Gasteiger partial charge in [-0.3, -0.25) is 9.35 Å². The fourth-order valence-electron chi connectivity index (χ4n) is 3.38. The first-order valence-electron chi connectivity index (χ1n) is 8.64. The molecule has 0 spiro atoms. The van der Waals surface area contributed by atoms with Crippen LogP contribution in [0.4, 0.5) is 0 Å². The molecule has 1 aromatic carbocycles. The van der Waals surface area contributed by atoms with Gasteiger partial charge in [-0.15, -0.1) is 0 Å². The minimum atomic E-state index is -4.24. The summed E-state index contributed by atoms with van der Waals surface area (Å²) in [6, 6.07) is 5.40.